The highest BCUT2D eigenvalue weighted by Gasteiger charge is 2.21. The number of aromatic nitrogens is 5. The van der Waals surface area contributed by atoms with Crippen LogP contribution in [0.15, 0.2) is 42.9 Å². The van der Waals surface area contributed by atoms with Crippen LogP contribution in [0.25, 0.3) is 11.1 Å². The molecule has 4 rings (SSSR count). The number of ether oxygens (including phenoxy) is 2. The molecule has 4 aromatic rings. The second kappa shape index (κ2) is 10.7. The first-order valence-corrected chi connectivity index (χ1v) is 12.1. The van der Waals surface area contributed by atoms with Crippen LogP contribution in [-0.4, -0.2) is 38.2 Å². The molecule has 0 spiro atoms. The number of nitrogens with one attached hydrogen (secondary N) is 1. The number of carbonyl (C=O) groups is 1. The van der Waals surface area contributed by atoms with Gasteiger partial charge in [0.2, 0.25) is 5.13 Å². The zero-order valence-corrected chi connectivity index (χ0v) is 21.9. The summed E-state index contributed by atoms with van der Waals surface area (Å²) in [5, 5.41) is 20.6. The van der Waals surface area contributed by atoms with Gasteiger partial charge in [-0.05, 0) is 62.8 Å². The lowest BCUT2D eigenvalue weighted by Gasteiger charge is -2.15. The topological polar surface area (TPSA) is 136 Å². The predicted molar refractivity (Wildman–Crippen MR) is 139 cm³/mol. The second-order valence-corrected chi connectivity index (χ2v) is 9.73. The van der Waals surface area contributed by atoms with Crippen molar-refractivity contribution in [2.75, 3.05) is 12.4 Å². The fourth-order valence-electron chi connectivity index (χ4n) is 3.45. The van der Waals surface area contributed by atoms with Crippen molar-refractivity contribution in [1.29, 1.82) is 5.26 Å². The van der Waals surface area contributed by atoms with Crippen molar-refractivity contribution in [1.82, 2.24) is 25.1 Å². The Morgan fingerprint density at radius 1 is 1.05 bits per heavy atom. The van der Waals surface area contributed by atoms with Gasteiger partial charge in [0.15, 0.2) is 0 Å². The van der Waals surface area contributed by atoms with E-state index in [0.29, 0.717) is 22.6 Å². The molecule has 0 atom stereocenters. The normalized spacial score (nSPS) is 11.0. The Kier molecular flexibility index (Phi) is 7.40. The number of aryl methyl sites for hydroxylation is 2. The van der Waals surface area contributed by atoms with Crippen molar-refractivity contribution in [3.05, 3.63) is 71.1 Å². The number of nitrogens with zero attached hydrogens (tertiary/aromatic N) is 6. The Labute approximate surface area is 218 Å². The fraction of sp³-hybridized carbons (Fsp3) is 0.269. The highest BCUT2D eigenvalue weighted by molar-refractivity contribution is 7.17. The van der Waals surface area contributed by atoms with Crippen LogP contribution in [0.3, 0.4) is 0 Å². The van der Waals surface area contributed by atoms with Crippen molar-refractivity contribution < 1.29 is 14.3 Å². The predicted octanol–water partition coefficient (Wildman–Crippen LogP) is 4.65. The fourth-order valence-corrected chi connectivity index (χ4v) is 4.04. The molecule has 0 saturated heterocycles. The Morgan fingerprint density at radius 3 is 2.46 bits per heavy atom. The van der Waals surface area contributed by atoms with E-state index in [9.17, 15) is 10.1 Å². The summed E-state index contributed by atoms with van der Waals surface area (Å²) < 4.78 is 11.2. The van der Waals surface area contributed by atoms with Crippen LogP contribution in [0.5, 0.6) is 10.9 Å². The number of amides is 1. The van der Waals surface area contributed by atoms with E-state index in [4.69, 9.17) is 9.47 Å². The third-order valence-electron chi connectivity index (χ3n) is 5.60. The highest BCUT2D eigenvalue weighted by Crippen LogP contribution is 2.33. The van der Waals surface area contributed by atoms with E-state index in [-0.39, 0.29) is 22.8 Å². The van der Waals surface area contributed by atoms with Gasteiger partial charge in [-0.15, -0.1) is 5.10 Å². The molecule has 0 aliphatic heterocycles. The molecular formula is C26H25N7O3S. The van der Waals surface area contributed by atoms with Crippen LogP contribution in [-0.2, 0) is 12.0 Å². The molecule has 188 valence electrons. The largest absolute Gasteiger partial charge is 0.494 e. The number of rotatable bonds is 8. The molecule has 4 heterocycles. The SMILES string of the molecule is COc1cnc(C)cc1-c1cc(C)ncc1C(=O)Nc1nnc(OCc2ccc(C(C)(C)C#N)cn2)s1. The van der Waals surface area contributed by atoms with Crippen molar-refractivity contribution in [2.45, 2.75) is 39.7 Å². The van der Waals surface area contributed by atoms with Crippen molar-refractivity contribution in [2.24, 2.45) is 0 Å². The number of methoxy groups -OCH3 is 1. The van der Waals surface area contributed by atoms with Gasteiger partial charge in [-0.1, -0.05) is 11.2 Å². The molecule has 37 heavy (non-hydrogen) atoms. The summed E-state index contributed by atoms with van der Waals surface area (Å²) in [5.74, 6) is 0.161. The van der Waals surface area contributed by atoms with Crippen molar-refractivity contribution >= 4 is 22.4 Å². The summed E-state index contributed by atoms with van der Waals surface area (Å²) in [5.41, 5.74) is 4.20. The second-order valence-electron chi connectivity index (χ2n) is 8.79. The Morgan fingerprint density at radius 2 is 1.78 bits per heavy atom. The number of nitriles is 1. The van der Waals surface area contributed by atoms with Crippen LogP contribution >= 0.6 is 11.3 Å². The first-order chi connectivity index (χ1) is 17.7. The van der Waals surface area contributed by atoms with Gasteiger partial charge in [-0.25, -0.2) is 0 Å². The number of carbonyl (C=O) groups excluding carboxylic acids is 1. The first-order valence-electron chi connectivity index (χ1n) is 11.3. The van der Waals surface area contributed by atoms with E-state index in [1.165, 1.54) is 6.20 Å². The van der Waals surface area contributed by atoms with E-state index in [0.717, 1.165) is 33.9 Å². The van der Waals surface area contributed by atoms with Crippen LogP contribution in [0.2, 0.25) is 0 Å². The number of pyridine rings is 3. The van der Waals surface area contributed by atoms with E-state index in [1.54, 1.807) is 25.6 Å². The molecule has 0 unspecified atom stereocenters. The maximum absolute atomic E-state index is 13.2. The van der Waals surface area contributed by atoms with Crippen LogP contribution < -0.4 is 14.8 Å². The number of anilines is 1. The van der Waals surface area contributed by atoms with E-state index >= 15 is 0 Å². The van der Waals surface area contributed by atoms with Gasteiger partial charge < -0.3 is 9.47 Å². The standard InChI is InChI=1S/C26H25N7O3S/c1-15-8-19(20-9-16(2)29-12-22(20)35-5)21(11-28-15)23(34)31-24-32-33-25(37-24)36-13-18-7-6-17(10-30-18)26(3,4)14-27/h6-12H,13H2,1-5H3,(H,31,32,34). The summed E-state index contributed by atoms with van der Waals surface area (Å²) in [6, 6.07) is 9.61. The lowest BCUT2D eigenvalue weighted by molar-refractivity contribution is 0.102. The molecular weight excluding hydrogens is 490 g/mol. The van der Waals surface area contributed by atoms with E-state index in [1.807, 2.05) is 45.9 Å². The van der Waals surface area contributed by atoms with Crippen LogP contribution in [0.4, 0.5) is 5.13 Å². The Hall–Kier alpha value is -4.43. The summed E-state index contributed by atoms with van der Waals surface area (Å²) in [7, 11) is 1.56. The summed E-state index contributed by atoms with van der Waals surface area (Å²) in [6.45, 7) is 7.56. The van der Waals surface area contributed by atoms with Crippen molar-refractivity contribution in [3.8, 4) is 28.1 Å². The smallest absolute Gasteiger partial charge is 0.296 e. The molecule has 0 aliphatic carbocycles. The van der Waals surface area contributed by atoms with Gasteiger partial charge in [-0.2, -0.15) is 5.26 Å². The highest BCUT2D eigenvalue weighted by atomic mass is 32.1. The van der Waals surface area contributed by atoms with Gasteiger partial charge >= 0.3 is 0 Å². The first kappa shape index (κ1) is 25.7. The molecule has 1 amide bonds. The minimum absolute atomic E-state index is 0.170. The third kappa shape index (κ3) is 5.87. The lowest BCUT2D eigenvalue weighted by atomic mass is 9.87. The van der Waals surface area contributed by atoms with Gasteiger partial charge in [-0.3, -0.25) is 25.1 Å². The van der Waals surface area contributed by atoms with Crippen LogP contribution in [0, 0.1) is 25.2 Å². The molecule has 11 heteroatoms. The summed E-state index contributed by atoms with van der Waals surface area (Å²) in [4.78, 5) is 26.1. The number of hydrogen-bond acceptors (Lipinski definition) is 10. The summed E-state index contributed by atoms with van der Waals surface area (Å²) in [6.07, 6.45) is 4.82. The average molecular weight is 516 g/mol. The van der Waals surface area contributed by atoms with Crippen molar-refractivity contribution in [3.63, 3.8) is 0 Å². The van der Waals surface area contributed by atoms with E-state index in [2.05, 4.69) is 36.5 Å². The van der Waals surface area contributed by atoms with Gasteiger partial charge in [0, 0.05) is 34.9 Å². The molecule has 0 saturated carbocycles. The zero-order chi connectivity index (χ0) is 26.6. The Balaban J connectivity index is 1.47. The molecule has 0 radical (unpaired) electrons. The molecule has 4 aromatic heterocycles. The molecule has 0 aromatic carbocycles. The van der Waals surface area contributed by atoms with E-state index < -0.39 is 5.41 Å². The zero-order valence-electron chi connectivity index (χ0n) is 21.1. The van der Waals surface area contributed by atoms with Gasteiger partial charge in [0.1, 0.15) is 12.4 Å². The maximum atomic E-state index is 13.2. The van der Waals surface area contributed by atoms with Crippen LogP contribution in [0.1, 0.15) is 46.9 Å². The average Bonchev–Trinajstić information content (AvgIpc) is 3.34. The molecule has 0 fully saturated rings. The quantitative estimate of drug-likeness (QED) is 0.356. The monoisotopic (exact) mass is 515 g/mol. The molecule has 0 bridgehead atoms. The third-order valence-corrected chi connectivity index (χ3v) is 6.35. The maximum Gasteiger partial charge on any atom is 0.296 e. The lowest BCUT2D eigenvalue weighted by Crippen LogP contribution is -2.14. The Bertz CT molecular complexity index is 1480. The van der Waals surface area contributed by atoms with Gasteiger partial charge in [0.05, 0.1) is 36.0 Å². The summed E-state index contributed by atoms with van der Waals surface area (Å²) >= 11 is 1.10. The molecule has 10 nitrogen and oxygen atoms in total. The van der Waals surface area contributed by atoms with Gasteiger partial charge in [0.25, 0.3) is 11.1 Å². The minimum atomic E-state index is -0.618. The molecule has 0 aliphatic rings. The number of hydrogen-bond donors (Lipinski definition) is 1. The molecule has 1 N–H and O–H groups in total. The minimum Gasteiger partial charge on any atom is -0.494 e.